The number of carbonyl (C=O) groups is 1. The van der Waals surface area contributed by atoms with E-state index in [1.807, 2.05) is 18.2 Å². The number of methoxy groups -OCH3 is 1. The van der Waals surface area contributed by atoms with Gasteiger partial charge in [-0.3, -0.25) is 9.69 Å². The molecule has 0 aliphatic carbocycles. The van der Waals surface area contributed by atoms with Gasteiger partial charge in [0.1, 0.15) is 17.4 Å². The molecule has 6 nitrogen and oxygen atoms in total. The van der Waals surface area contributed by atoms with Gasteiger partial charge in [-0.25, -0.2) is 13.8 Å². The number of hydrogen-bond donors (Lipinski definition) is 1. The molecular weight excluding hydrogens is 428 g/mol. The van der Waals surface area contributed by atoms with Crippen LogP contribution in [0.5, 0.6) is 5.75 Å². The third-order valence-electron chi connectivity index (χ3n) is 5.87. The Morgan fingerprint density at radius 2 is 2.03 bits per heavy atom. The largest absolute Gasteiger partial charge is 0.497 e. The minimum Gasteiger partial charge on any atom is -0.497 e. The summed E-state index contributed by atoms with van der Waals surface area (Å²) < 4.78 is 38.0. The van der Waals surface area contributed by atoms with E-state index in [-0.39, 0.29) is 36.1 Å². The molecule has 0 bridgehead atoms. The van der Waals surface area contributed by atoms with Gasteiger partial charge >= 0.3 is 0 Å². The van der Waals surface area contributed by atoms with Crippen LogP contribution in [0.15, 0.2) is 53.1 Å². The van der Waals surface area contributed by atoms with Crippen LogP contribution in [0.3, 0.4) is 0 Å². The Kier molecular flexibility index (Phi) is 7.34. The van der Waals surface area contributed by atoms with Crippen molar-refractivity contribution in [2.45, 2.75) is 31.7 Å². The number of hydrogen-bond acceptors (Lipinski definition) is 5. The molecule has 4 rings (SSSR count). The van der Waals surface area contributed by atoms with Crippen LogP contribution in [0.25, 0.3) is 11.3 Å². The summed E-state index contributed by atoms with van der Waals surface area (Å²) in [4.78, 5) is 19.0. The van der Waals surface area contributed by atoms with E-state index in [1.165, 1.54) is 12.3 Å². The van der Waals surface area contributed by atoms with Gasteiger partial charge in [-0.2, -0.15) is 0 Å². The lowest BCUT2D eigenvalue weighted by Gasteiger charge is -2.28. The molecule has 1 aliphatic heterocycles. The summed E-state index contributed by atoms with van der Waals surface area (Å²) in [5.41, 5.74) is 1.24. The van der Waals surface area contributed by atoms with E-state index in [0.717, 1.165) is 49.4 Å². The van der Waals surface area contributed by atoms with E-state index in [4.69, 9.17) is 9.15 Å². The van der Waals surface area contributed by atoms with Crippen LogP contribution in [0.2, 0.25) is 0 Å². The first kappa shape index (κ1) is 22.9. The van der Waals surface area contributed by atoms with Crippen LogP contribution in [0.4, 0.5) is 8.78 Å². The SMILES string of the molecule is COc1cccc(C(CNC(=O)CCc2ncc(-c3ccc(F)cc3F)o2)N2CCCC2)c1. The molecule has 2 aromatic carbocycles. The Balaban J connectivity index is 1.34. The number of nitrogens with one attached hydrogen (secondary N) is 1. The minimum atomic E-state index is -0.721. The highest BCUT2D eigenvalue weighted by atomic mass is 19.1. The summed E-state index contributed by atoms with van der Waals surface area (Å²) in [5, 5.41) is 3.03. The van der Waals surface area contributed by atoms with E-state index in [9.17, 15) is 13.6 Å². The lowest BCUT2D eigenvalue weighted by atomic mass is 10.0. The summed E-state index contributed by atoms with van der Waals surface area (Å²) in [6.45, 7) is 2.48. The summed E-state index contributed by atoms with van der Waals surface area (Å²) in [7, 11) is 1.64. The maximum Gasteiger partial charge on any atom is 0.220 e. The number of nitrogens with zero attached hydrogens (tertiary/aromatic N) is 2. The molecule has 2 heterocycles. The monoisotopic (exact) mass is 455 g/mol. The maximum atomic E-state index is 13.9. The number of aryl methyl sites for hydroxylation is 1. The molecule has 1 unspecified atom stereocenters. The quantitative estimate of drug-likeness (QED) is 0.514. The number of amides is 1. The second kappa shape index (κ2) is 10.6. The zero-order chi connectivity index (χ0) is 23.2. The molecule has 174 valence electrons. The van der Waals surface area contributed by atoms with E-state index < -0.39 is 11.6 Å². The van der Waals surface area contributed by atoms with Crippen LogP contribution in [-0.4, -0.2) is 42.5 Å². The van der Waals surface area contributed by atoms with Crippen LogP contribution >= 0.6 is 0 Å². The topological polar surface area (TPSA) is 67.6 Å². The zero-order valence-electron chi connectivity index (χ0n) is 18.5. The van der Waals surface area contributed by atoms with Crippen molar-refractivity contribution in [1.82, 2.24) is 15.2 Å². The Labute approximate surface area is 191 Å². The predicted octanol–water partition coefficient (Wildman–Crippen LogP) is 4.51. The average Bonchev–Trinajstić information content (AvgIpc) is 3.51. The van der Waals surface area contributed by atoms with Crippen LogP contribution < -0.4 is 10.1 Å². The summed E-state index contributed by atoms with van der Waals surface area (Å²) >= 11 is 0. The van der Waals surface area contributed by atoms with Crippen molar-refractivity contribution in [1.29, 1.82) is 0 Å². The molecule has 1 saturated heterocycles. The smallest absolute Gasteiger partial charge is 0.220 e. The van der Waals surface area contributed by atoms with E-state index in [0.29, 0.717) is 12.4 Å². The second-order valence-electron chi connectivity index (χ2n) is 8.08. The number of rotatable bonds is 9. The van der Waals surface area contributed by atoms with Crippen molar-refractivity contribution >= 4 is 5.91 Å². The lowest BCUT2D eigenvalue weighted by molar-refractivity contribution is -0.121. The highest BCUT2D eigenvalue weighted by Crippen LogP contribution is 2.27. The minimum absolute atomic E-state index is 0.0707. The predicted molar refractivity (Wildman–Crippen MR) is 120 cm³/mol. The number of ether oxygens (including phenoxy) is 1. The van der Waals surface area contributed by atoms with E-state index in [1.54, 1.807) is 7.11 Å². The average molecular weight is 456 g/mol. The molecule has 1 N–H and O–H groups in total. The molecule has 33 heavy (non-hydrogen) atoms. The Bertz CT molecular complexity index is 1100. The van der Waals surface area contributed by atoms with E-state index in [2.05, 4.69) is 21.3 Å². The Morgan fingerprint density at radius 1 is 1.21 bits per heavy atom. The van der Waals surface area contributed by atoms with Gasteiger partial charge in [0.25, 0.3) is 0 Å². The molecule has 1 atom stereocenters. The molecule has 1 fully saturated rings. The zero-order valence-corrected chi connectivity index (χ0v) is 18.5. The summed E-state index contributed by atoms with van der Waals surface area (Å²) in [6.07, 6.45) is 4.15. The second-order valence-corrected chi connectivity index (χ2v) is 8.08. The number of benzene rings is 2. The van der Waals surface area contributed by atoms with E-state index >= 15 is 0 Å². The molecule has 1 aliphatic rings. The number of oxazole rings is 1. The molecule has 1 amide bonds. The van der Waals surface area contributed by atoms with Gasteiger partial charge in [-0.15, -0.1) is 0 Å². The van der Waals surface area contributed by atoms with Gasteiger partial charge in [0.15, 0.2) is 11.7 Å². The molecular formula is C25H27F2N3O3. The highest BCUT2D eigenvalue weighted by molar-refractivity contribution is 5.76. The van der Waals surface area contributed by atoms with Crippen molar-refractivity contribution in [2.75, 3.05) is 26.7 Å². The molecule has 0 radical (unpaired) electrons. The third kappa shape index (κ3) is 5.76. The lowest BCUT2D eigenvalue weighted by Crippen LogP contribution is -2.36. The molecule has 1 aromatic heterocycles. The maximum absolute atomic E-state index is 13.9. The number of likely N-dealkylation sites (tertiary alicyclic amines) is 1. The van der Waals surface area contributed by atoms with Gasteiger partial charge < -0.3 is 14.5 Å². The van der Waals surface area contributed by atoms with Crippen molar-refractivity contribution in [3.8, 4) is 17.1 Å². The van der Waals surface area contributed by atoms with Gasteiger partial charge in [-0.05, 0) is 55.8 Å². The van der Waals surface area contributed by atoms with Gasteiger partial charge in [0.05, 0.1) is 24.9 Å². The standard InChI is InChI=1S/C25H27F2N3O3/c1-32-19-6-4-5-17(13-19)22(30-11-2-3-12-30)15-28-24(31)9-10-25-29-16-23(33-25)20-8-7-18(26)14-21(20)27/h4-8,13-14,16,22H,2-3,9-12,15H2,1H3,(H,28,31). The summed E-state index contributed by atoms with van der Waals surface area (Å²) in [5.74, 6) is -0.173. The normalized spacial score (nSPS) is 14.9. The van der Waals surface area contributed by atoms with Gasteiger partial charge in [0.2, 0.25) is 5.91 Å². The van der Waals surface area contributed by atoms with Crippen molar-refractivity contribution in [3.63, 3.8) is 0 Å². The Morgan fingerprint density at radius 3 is 2.79 bits per heavy atom. The molecule has 0 saturated carbocycles. The summed E-state index contributed by atoms with van der Waals surface area (Å²) in [6, 6.07) is 11.3. The highest BCUT2D eigenvalue weighted by Gasteiger charge is 2.24. The number of halogens is 2. The number of aromatic nitrogens is 1. The van der Waals surface area contributed by atoms with Crippen molar-refractivity contribution in [3.05, 3.63) is 71.8 Å². The van der Waals surface area contributed by atoms with Gasteiger partial charge in [-0.1, -0.05) is 12.1 Å². The molecule has 8 heteroatoms. The van der Waals surface area contributed by atoms with Crippen LogP contribution in [0.1, 0.15) is 36.8 Å². The first-order chi connectivity index (χ1) is 16.0. The van der Waals surface area contributed by atoms with Crippen LogP contribution in [-0.2, 0) is 11.2 Å². The van der Waals surface area contributed by atoms with Crippen molar-refractivity contribution in [2.24, 2.45) is 0 Å². The molecule has 3 aromatic rings. The third-order valence-corrected chi connectivity index (χ3v) is 5.87. The molecule has 0 spiro atoms. The van der Waals surface area contributed by atoms with Gasteiger partial charge in [0, 0.05) is 25.5 Å². The fraction of sp³-hybridized carbons (Fsp3) is 0.360. The first-order valence-corrected chi connectivity index (χ1v) is 11.1. The van der Waals surface area contributed by atoms with Crippen molar-refractivity contribution < 1.29 is 22.7 Å². The Hall–Kier alpha value is -3.26. The fourth-order valence-electron chi connectivity index (χ4n) is 4.12. The number of carbonyl (C=O) groups excluding carboxylic acids is 1. The first-order valence-electron chi connectivity index (χ1n) is 11.1. The fourth-order valence-corrected chi connectivity index (χ4v) is 4.12. The van der Waals surface area contributed by atoms with Crippen LogP contribution in [0, 0.1) is 11.6 Å².